The molecule has 2 aliphatic heterocycles. The lowest BCUT2D eigenvalue weighted by Gasteiger charge is -2.42. The summed E-state index contributed by atoms with van der Waals surface area (Å²) in [5.41, 5.74) is 7.81. The van der Waals surface area contributed by atoms with Gasteiger partial charge in [0.05, 0.1) is 28.9 Å². The molecule has 2 N–H and O–H groups in total. The minimum Gasteiger partial charge on any atom is -0.497 e. The summed E-state index contributed by atoms with van der Waals surface area (Å²) in [6.45, 7) is 2.78. The lowest BCUT2D eigenvalue weighted by Crippen LogP contribution is -2.55. The number of rotatable bonds is 14. The van der Waals surface area contributed by atoms with Gasteiger partial charge in [0, 0.05) is 31.6 Å². The highest BCUT2D eigenvalue weighted by Crippen LogP contribution is 2.43. The van der Waals surface area contributed by atoms with E-state index in [0.29, 0.717) is 58.8 Å². The normalized spacial score (nSPS) is 16.8. The van der Waals surface area contributed by atoms with E-state index in [0.717, 1.165) is 44.7 Å². The van der Waals surface area contributed by atoms with Crippen molar-refractivity contribution in [3.63, 3.8) is 0 Å². The second-order valence-electron chi connectivity index (χ2n) is 15.8. The average Bonchev–Trinajstić information content (AvgIpc) is 3.30. The second-order valence-corrected chi connectivity index (χ2v) is 16.7. The quantitative estimate of drug-likeness (QED) is 0.111. The van der Waals surface area contributed by atoms with Crippen LogP contribution in [0.4, 0.5) is 5.69 Å². The van der Waals surface area contributed by atoms with E-state index in [9.17, 15) is 19.5 Å². The molecule has 10 nitrogen and oxygen atoms in total. The van der Waals surface area contributed by atoms with Gasteiger partial charge in [0.1, 0.15) is 29.9 Å². The van der Waals surface area contributed by atoms with E-state index in [2.05, 4.69) is 29.3 Å². The molecule has 4 atom stereocenters. The number of nitrogens with one attached hydrogen (secondary N) is 1. The Morgan fingerprint density at radius 2 is 1.49 bits per heavy atom. The molecule has 6 aromatic rings. The molecular formula is C51H47Cl2N3O7. The second kappa shape index (κ2) is 19.0. The number of anilines is 1. The molecular weight excluding hydrogens is 837 g/mol. The molecule has 12 heteroatoms. The molecule has 6 aromatic carbocycles. The molecule has 322 valence electrons. The zero-order valence-electron chi connectivity index (χ0n) is 35.1. The highest BCUT2D eigenvalue weighted by atomic mass is 35.5. The Kier molecular flexibility index (Phi) is 13.0. The molecule has 0 fully saturated rings. The molecule has 0 aromatic heterocycles. The number of carbonyl (C=O) groups is 3. The molecule has 0 aliphatic carbocycles. The Hall–Kier alpha value is -6.33. The van der Waals surface area contributed by atoms with Gasteiger partial charge in [-0.1, -0.05) is 115 Å². The summed E-state index contributed by atoms with van der Waals surface area (Å²) in [5, 5.41) is 14.2. The molecule has 2 aliphatic rings. The van der Waals surface area contributed by atoms with Crippen molar-refractivity contribution in [1.29, 1.82) is 0 Å². The summed E-state index contributed by atoms with van der Waals surface area (Å²) in [7, 11) is 3.35. The number of likely N-dealkylation sites (N-methyl/N-ethyl adjacent to an activating group) is 1. The summed E-state index contributed by atoms with van der Waals surface area (Å²) in [6, 6.07) is 39.9. The van der Waals surface area contributed by atoms with Crippen LogP contribution in [-0.4, -0.2) is 54.0 Å². The van der Waals surface area contributed by atoms with Gasteiger partial charge in [0.15, 0.2) is 0 Å². The summed E-state index contributed by atoms with van der Waals surface area (Å²) in [6.07, 6.45) is 0.231. The Morgan fingerprint density at radius 3 is 2.14 bits per heavy atom. The van der Waals surface area contributed by atoms with E-state index >= 15 is 0 Å². The van der Waals surface area contributed by atoms with Gasteiger partial charge in [-0.3, -0.25) is 14.5 Å². The fourth-order valence-electron chi connectivity index (χ4n) is 8.43. The summed E-state index contributed by atoms with van der Waals surface area (Å²) < 4.78 is 17.7. The lowest BCUT2D eigenvalue weighted by atomic mass is 9.88. The van der Waals surface area contributed by atoms with Crippen LogP contribution in [0.15, 0.2) is 133 Å². The number of fused-ring (bicyclic) bond motifs is 2. The van der Waals surface area contributed by atoms with E-state index in [-0.39, 0.29) is 24.3 Å². The van der Waals surface area contributed by atoms with Crippen LogP contribution < -0.4 is 24.4 Å². The zero-order chi connectivity index (χ0) is 44.2. The van der Waals surface area contributed by atoms with Gasteiger partial charge in [-0.15, -0.1) is 0 Å². The predicted molar refractivity (Wildman–Crippen MR) is 245 cm³/mol. The van der Waals surface area contributed by atoms with Crippen molar-refractivity contribution in [3.05, 3.63) is 177 Å². The number of aliphatic carboxylic acids is 1. The summed E-state index contributed by atoms with van der Waals surface area (Å²) in [4.78, 5) is 44.9. The molecule has 0 spiro atoms. The van der Waals surface area contributed by atoms with Gasteiger partial charge in [0.2, 0.25) is 12.0 Å². The number of carboxylic acid groups (broad SMARTS) is 1. The number of hydrogen-bond donors (Lipinski definition) is 2. The number of hydrogen-bond acceptors (Lipinski definition) is 7. The number of carboxylic acids is 1. The first-order valence-corrected chi connectivity index (χ1v) is 21.6. The molecule has 2 amide bonds. The van der Waals surface area contributed by atoms with Crippen LogP contribution in [0.2, 0.25) is 10.0 Å². The van der Waals surface area contributed by atoms with Crippen LogP contribution in [0.5, 0.6) is 17.2 Å². The van der Waals surface area contributed by atoms with E-state index in [1.54, 1.807) is 43.3 Å². The molecule has 0 unspecified atom stereocenters. The Balaban J connectivity index is 1.02. The molecule has 0 bridgehead atoms. The highest BCUT2D eigenvalue weighted by Gasteiger charge is 2.40. The third-order valence-corrected chi connectivity index (χ3v) is 12.6. The van der Waals surface area contributed by atoms with Crippen LogP contribution in [0, 0.1) is 0 Å². The highest BCUT2D eigenvalue weighted by molar-refractivity contribution is 6.42. The SMILES string of the molecule is CC[C@@H](c1ccccc1)N1Cc2cc3c(cc2C[C@H]1C(=O)N[C@@H](Cc1ccc(-c2ccc(OC)cc2)cc1)C(=O)O)N(C)C(=O)[C@@H](c1ccc(OCc2ccc(Cl)c(Cl)c2)cc1)O3. The summed E-state index contributed by atoms with van der Waals surface area (Å²) in [5.74, 6) is 0.202. The van der Waals surface area contributed by atoms with Gasteiger partial charge in [0.25, 0.3) is 5.91 Å². The van der Waals surface area contributed by atoms with Crippen LogP contribution in [0.1, 0.15) is 58.9 Å². The zero-order valence-corrected chi connectivity index (χ0v) is 36.6. The molecule has 2 heterocycles. The Morgan fingerprint density at radius 1 is 0.825 bits per heavy atom. The van der Waals surface area contributed by atoms with Crippen LogP contribution in [0.3, 0.4) is 0 Å². The average molecular weight is 885 g/mol. The van der Waals surface area contributed by atoms with E-state index in [1.165, 1.54) is 0 Å². The van der Waals surface area contributed by atoms with Gasteiger partial charge in [-0.2, -0.15) is 0 Å². The van der Waals surface area contributed by atoms with E-state index < -0.39 is 24.2 Å². The molecule has 0 saturated heterocycles. The maximum atomic E-state index is 14.5. The van der Waals surface area contributed by atoms with Crippen molar-refractivity contribution in [1.82, 2.24) is 10.2 Å². The molecule has 0 radical (unpaired) electrons. The van der Waals surface area contributed by atoms with Crippen molar-refractivity contribution >= 4 is 46.7 Å². The molecule has 8 rings (SSSR count). The van der Waals surface area contributed by atoms with Crippen LogP contribution >= 0.6 is 23.2 Å². The van der Waals surface area contributed by atoms with E-state index in [1.807, 2.05) is 97.1 Å². The number of nitrogens with zero attached hydrogens (tertiary/aromatic N) is 2. The number of ether oxygens (including phenoxy) is 3. The predicted octanol–water partition coefficient (Wildman–Crippen LogP) is 10.0. The van der Waals surface area contributed by atoms with Gasteiger partial charge < -0.3 is 29.5 Å². The fourth-order valence-corrected chi connectivity index (χ4v) is 8.75. The van der Waals surface area contributed by atoms with E-state index in [4.69, 9.17) is 37.4 Å². The largest absolute Gasteiger partial charge is 0.497 e. The maximum Gasteiger partial charge on any atom is 0.326 e. The van der Waals surface area contributed by atoms with Crippen molar-refractivity contribution in [3.8, 4) is 28.4 Å². The van der Waals surface area contributed by atoms with Crippen molar-refractivity contribution in [2.24, 2.45) is 0 Å². The third-order valence-electron chi connectivity index (χ3n) is 11.9. The van der Waals surface area contributed by atoms with Crippen molar-refractivity contribution in [2.45, 2.75) is 63.6 Å². The standard InChI is InChI=1S/C51H47Cl2N3O7/c1-4-44(35-8-6-5-7-9-35)56-29-38-28-47-45(55(2)50(58)48(63-47)36-17-21-40(22-18-36)62-30-32-12-23-41(52)42(53)24-32)26-37(38)27-46(56)49(57)54-43(51(59)60)25-31-10-13-33(14-11-31)34-15-19-39(61-3)20-16-34/h5-24,26,28,43-44,46,48H,4,25,27,29-30H2,1-3H3,(H,54,57)(H,59,60)/t43-,44-,46-,48+/m0/s1. The minimum absolute atomic E-state index is 0.108. The van der Waals surface area contributed by atoms with Gasteiger partial charge >= 0.3 is 5.97 Å². The number of halogens is 2. The monoisotopic (exact) mass is 883 g/mol. The topological polar surface area (TPSA) is 118 Å². The van der Waals surface area contributed by atoms with Gasteiger partial charge in [-0.05, 0) is 100 Å². The van der Waals surface area contributed by atoms with Crippen LogP contribution in [0.25, 0.3) is 11.1 Å². The van der Waals surface area contributed by atoms with Gasteiger partial charge in [-0.25, -0.2) is 4.79 Å². The molecule has 0 saturated carbocycles. The number of methoxy groups -OCH3 is 1. The van der Waals surface area contributed by atoms with Crippen molar-refractivity contribution < 1.29 is 33.7 Å². The number of amides is 2. The fraction of sp³-hybridized carbons (Fsp3) is 0.235. The number of carbonyl (C=O) groups excluding carboxylic acids is 2. The smallest absolute Gasteiger partial charge is 0.326 e. The first kappa shape index (κ1) is 43.3. The first-order valence-electron chi connectivity index (χ1n) is 20.8. The first-order chi connectivity index (χ1) is 30.5. The minimum atomic E-state index is -1.16. The summed E-state index contributed by atoms with van der Waals surface area (Å²) >= 11 is 12.2. The lowest BCUT2D eigenvalue weighted by molar-refractivity contribution is -0.143. The third kappa shape index (κ3) is 9.54. The Labute approximate surface area is 376 Å². The Bertz CT molecular complexity index is 2610. The van der Waals surface area contributed by atoms with Crippen molar-refractivity contribution in [2.75, 3.05) is 19.1 Å². The molecule has 63 heavy (non-hydrogen) atoms. The maximum absolute atomic E-state index is 14.5. The number of benzene rings is 6. The van der Waals surface area contributed by atoms with Crippen LogP contribution in [-0.2, 0) is 40.4 Å².